The zero-order valence-corrected chi connectivity index (χ0v) is 10.4. The Morgan fingerprint density at radius 3 is 2.75 bits per heavy atom. The summed E-state index contributed by atoms with van der Waals surface area (Å²) in [5, 5.41) is 0. The first-order valence-electron chi connectivity index (χ1n) is 4.81. The number of ether oxygens (including phenoxy) is 1. The lowest BCUT2D eigenvalue weighted by molar-refractivity contribution is 0.459. The molecule has 4 heteroatoms. The molecule has 16 heavy (non-hydrogen) atoms. The van der Waals surface area contributed by atoms with Gasteiger partial charge in [0, 0.05) is 28.0 Å². The van der Waals surface area contributed by atoms with E-state index < -0.39 is 0 Å². The summed E-state index contributed by atoms with van der Waals surface area (Å²) in [6, 6.07) is 9.25. The highest BCUT2D eigenvalue weighted by Crippen LogP contribution is 2.27. The summed E-state index contributed by atoms with van der Waals surface area (Å²) in [5.74, 6) is 1.28. The first-order chi connectivity index (χ1) is 7.66. The molecule has 82 valence electrons. The topological polar surface area (TPSA) is 48.1 Å². The van der Waals surface area contributed by atoms with Gasteiger partial charge in [-0.05, 0) is 41.1 Å². The monoisotopic (exact) mass is 278 g/mol. The molecule has 2 rings (SSSR count). The second-order valence-corrected chi connectivity index (χ2v) is 4.30. The molecule has 0 aliphatic rings. The van der Waals surface area contributed by atoms with Crippen LogP contribution in [0.25, 0.3) is 0 Å². The predicted octanol–water partition coefficient (Wildman–Crippen LogP) is 3.53. The highest BCUT2D eigenvalue weighted by Gasteiger charge is 2.04. The van der Waals surface area contributed by atoms with Crippen LogP contribution in [0.15, 0.2) is 41.0 Å². The van der Waals surface area contributed by atoms with Gasteiger partial charge < -0.3 is 10.5 Å². The Hall–Kier alpha value is -1.55. The Kier molecular flexibility index (Phi) is 3.10. The van der Waals surface area contributed by atoms with Gasteiger partial charge in [-0.15, -0.1) is 0 Å². The Morgan fingerprint density at radius 2 is 2.06 bits per heavy atom. The van der Waals surface area contributed by atoms with Crippen LogP contribution in [0.3, 0.4) is 0 Å². The van der Waals surface area contributed by atoms with Gasteiger partial charge in [-0.3, -0.25) is 0 Å². The number of rotatable bonds is 2. The Bertz CT molecular complexity index is 497. The van der Waals surface area contributed by atoms with Crippen molar-refractivity contribution in [2.45, 2.75) is 6.92 Å². The number of nitrogen functional groups attached to an aromatic ring is 1. The fourth-order valence-electron chi connectivity index (χ4n) is 1.28. The average molecular weight is 279 g/mol. The van der Waals surface area contributed by atoms with Gasteiger partial charge >= 0.3 is 0 Å². The van der Waals surface area contributed by atoms with Crippen LogP contribution in [0.5, 0.6) is 11.6 Å². The van der Waals surface area contributed by atoms with Crippen LogP contribution in [0.1, 0.15) is 5.56 Å². The van der Waals surface area contributed by atoms with E-state index in [0.717, 1.165) is 21.5 Å². The van der Waals surface area contributed by atoms with Crippen molar-refractivity contribution in [1.82, 2.24) is 4.98 Å². The Morgan fingerprint density at radius 1 is 1.25 bits per heavy atom. The Labute approximate surface area is 102 Å². The first kappa shape index (κ1) is 11.0. The van der Waals surface area contributed by atoms with Gasteiger partial charge in [0.2, 0.25) is 5.88 Å². The molecule has 0 saturated carbocycles. The molecule has 0 fully saturated rings. The molecule has 0 spiro atoms. The molecule has 1 heterocycles. The zero-order valence-electron chi connectivity index (χ0n) is 8.77. The largest absolute Gasteiger partial charge is 0.439 e. The van der Waals surface area contributed by atoms with Crippen LogP contribution in [0, 0.1) is 6.92 Å². The molecule has 0 radical (unpaired) electrons. The molecule has 0 aliphatic carbocycles. The molecule has 0 aliphatic heterocycles. The number of hydrogen-bond donors (Lipinski definition) is 1. The summed E-state index contributed by atoms with van der Waals surface area (Å²) in [4.78, 5) is 4.13. The summed E-state index contributed by atoms with van der Waals surface area (Å²) in [7, 11) is 0. The van der Waals surface area contributed by atoms with Crippen molar-refractivity contribution >= 4 is 21.6 Å². The second kappa shape index (κ2) is 4.53. The van der Waals surface area contributed by atoms with Gasteiger partial charge in [0.15, 0.2) is 0 Å². The van der Waals surface area contributed by atoms with Crippen LogP contribution >= 0.6 is 15.9 Å². The lowest BCUT2D eigenvalue weighted by Gasteiger charge is -2.09. The van der Waals surface area contributed by atoms with E-state index in [2.05, 4.69) is 20.9 Å². The van der Waals surface area contributed by atoms with Crippen molar-refractivity contribution in [3.05, 3.63) is 46.6 Å². The number of nitrogens with two attached hydrogens (primary N) is 1. The highest BCUT2D eigenvalue weighted by molar-refractivity contribution is 9.10. The van der Waals surface area contributed by atoms with Crippen LogP contribution in [-0.2, 0) is 0 Å². The summed E-state index contributed by atoms with van der Waals surface area (Å²) in [6.45, 7) is 1.92. The number of halogens is 1. The molecule has 1 aromatic carbocycles. The number of anilines is 1. The third-order valence-electron chi connectivity index (χ3n) is 2.24. The standard InChI is InChI=1S/C12H11BrN2O/c1-8-10(14)3-2-4-11(8)16-12-6-5-9(13)7-15-12/h2-7H,14H2,1H3. The first-order valence-corrected chi connectivity index (χ1v) is 5.60. The maximum atomic E-state index is 5.79. The Balaban J connectivity index is 2.27. The molecule has 0 unspecified atom stereocenters. The third kappa shape index (κ3) is 2.33. The van der Waals surface area contributed by atoms with Gasteiger partial charge in [0.05, 0.1) is 0 Å². The fourth-order valence-corrected chi connectivity index (χ4v) is 1.51. The van der Waals surface area contributed by atoms with Gasteiger partial charge in [-0.25, -0.2) is 4.98 Å². The smallest absolute Gasteiger partial charge is 0.219 e. The van der Waals surface area contributed by atoms with E-state index in [9.17, 15) is 0 Å². The number of pyridine rings is 1. The highest BCUT2D eigenvalue weighted by atomic mass is 79.9. The molecule has 1 aromatic heterocycles. The maximum absolute atomic E-state index is 5.79. The van der Waals surface area contributed by atoms with Crippen molar-refractivity contribution in [1.29, 1.82) is 0 Å². The molecule has 3 nitrogen and oxygen atoms in total. The zero-order chi connectivity index (χ0) is 11.5. The minimum absolute atomic E-state index is 0.553. The van der Waals surface area contributed by atoms with E-state index >= 15 is 0 Å². The van der Waals surface area contributed by atoms with E-state index in [1.54, 1.807) is 12.3 Å². The molecule has 0 atom stereocenters. The number of benzene rings is 1. The minimum Gasteiger partial charge on any atom is -0.439 e. The van der Waals surface area contributed by atoms with Gasteiger partial charge in [-0.1, -0.05) is 6.07 Å². The number of nitrogens with zero attached hydrogens (tertiary/aromatic N) is 1. The van der Waals surface area contributed by atoms with E-state index in [1.807, 2.05) is 31.2 Å². The van der Waals surface area contributed by atoms with E-state index in [-0.39, 0.29) is 0 Å². The van der Waals surface area contributed by atoms with Crippen LogP contribution < -0.4 is 10.5 Å². The summed E-state index contributed by atoms with van der Waals surface area (Å²) >= 11 is 3.32. The summed E-state index contributed by atoms with van der Waals surface area (Å²) < 4.78 is 6.55. The minimum atomic E-state index is 0.553. The fraction of sp³-hybridized carbons (Fsp3) is 0.0833. The summed E-state index contributed by atoms with van der Waals surface area (Å²) in [5.41, 5.74) is 7.43. The van der Waals surface area contributed by atoms with Gasteiger partial charge in [0.25, 0.3) is 0 Å². The SMILES string of the molecule is Cc1c(N)cccc1Oc1ccc(Br)cn1. The quantitative estimate of drug-likeness (QED) is 0.855. The molecule has 0 bridgehead atoms. The molecule has 0 amide bonds. The second-order valence-electron chi connectivity index (χ2n) is 3.39. The van der Waals surface area contributed by atoms with E-state index in [0.29, 0.717) is 5.88 Å². The van der Waals surface area contributed by atoms with Crippen LogP contribution in [0.2, 0.25) is 0 Å². The van der Waals surface area contributed by atoms with Crippen molar-refractivity contribution in [3.63, 3.8) is 0 Å². The van der Waals surface area contributed by atoms with Crippen molar-refractivity contribution in [2.75, 3.05) is 5.73 Å². The molecule has 2 aromatic rings. The van der Waals surface area contributed by atoms with Crippen molar-refractivity contribution in [3.8, 4) is 11.6 Å². The lowest BCUT2D eigenvalue weighted by Crippen LogP contribution is -1.94. The van der Waals surface area contributed by atoms with E-state index in [4.69, 9.17) is 10.5 Å². The number of aromatic nitrogens is 1. The number of hydrogen-bond acceptors (Lipinski definition) is 3. The molecule has 2 N–H and O–H groups in total. The van der Waals surface area contributed by atoms with Gasteiger partial charge in [0.1, 0.15) is 5.75 Å². The van der Waals surface area contributed by atoms with Gasteiger partial charge in [-0.2, -0.15) is 0 Å². The molecular weight excluding hydrogens is 268 g/mol. The normalized spacial score (nSPS) is 10.1. The average Bonchev–Trinajstić information content (AvgIpc) is 2.28. The lowest BCUT2D eigenvalue weighted by atomic mass is 10.2. The molecular formula is C12H11BrN2O. The maximum Gasteiger partial charge on any atom is 0.219 e. The predicted molar refractivity (Wildman–Crippen MR) is 67.6 cm³/mol. The summed E-state index contributed by atoms with van der Waals surface area (Å²) in [6.07, 6.45) is 1.69. The van der Waals surface area contributed by atoms with Crippen molar-refractivity contribution < 1.29 is 4.74 Å². The van der Waals surface area contributed by atoms with Crippen LogP contribution in [-0.4, -0.2) is 4.98 Å². The third-order valence-corrected chi connectivity index (χ3v) is 2.71. The van der Waals surface area contributed by atoms with Crippen molar-refractivity contribution in [2.24, 2.45) is 0 Å². The molecule has 0 saturated heterocycles. The van der Waals surface area contributed by atoms with E-state index in [1.165, 1.54) is 0 Å². The van der Waals surface area contributed by atoms with Crippen LogP contribution in [0.4, 0.5) is 5.69 Å².